The van der Waals surface area contributed by atoms with Crippen molar-refractivity contribution in [2.24, 2.45) is 0 Å². The van der Waals surface area contributed by atoms with Gasteiger partial charge in [0.25, 0.3) is 0 Å². The number of carbonyl (C=O) groups is 2. The van der Waals surface area contributed by atoms with Crippen molar-refractivity contribution in [2.75, 3.05) is 7.05 Å². The summed E-state index contributed by atoms with van der Waals surface area (Å²) in [6, 6.07) is 6.69. The molecule has 0 bridgehead atoms. The van der Waals surface area contributed by atoms with Crippen LogP contribution in [0.4, 0.5) is 4.79 Å². The SMILES string of the molecule is CN1C(=O)NC(c2ccccc2Cl)C2=C1CCCC2=O. The van der Waals surface area contributed by atoms with Gasteiger partial charge in [-0.15, -0.1) is 0 Å². The molecular weight excluding hydrogens is 276 g/mol. The first-order valence-corrected chi connectivity index (χ1v) is 7.02. The summed E-state index contributed by atoms with van der Waals surface area (Å²) in [6.45, 7) is 0. The maximum atomic E-state index is 12.3. The molecule has 0 fully saturated rings. The van der Waals surface area contributed by atoms with Gasteiger partial charge in [0.15, 0.2) is 5.78 Å². The first-order chi connectivity index (χ1) is 9.59. The van der Waals surface area contributed by atoms with Gasteiger partial charge in [-0.2, -0.15) is 0 Å². The molecule has 1 N–H and O–H groups in total. The molecule has 104 valence electrons. The fourth-order valence-corrected chi connectivity index (χ4v) is 3.12. The first kappa shape index (κ1) is 13.2. The summed E-state index contributed by atoms with van der Waals surface area (Å²) in [7, 11) is 1.70. The van der Waals surface area contributed by atoms with Crippen LogP contribution in [-0.4, -0.2) is 23.8 Å². The minimum absolute atomic E-state index is 0.100. The molecular formula is C15H15ClN2O2. The van der Waals surface area contributed by atoms with Crippen LogP contribution in [0.1, 0.15) is 30.9 Å². The van der Waals surface area contributed by atoms with Gasteiger partial charge < -0.3 is 10.2 Å². The van der Waals surface area contributed by atoms with Crippen molar-refractivity contribution in [1.82, 2.24) is 10.2 Å². The Morgan fingerprint density at radius 1 is 1.25 bits per heavy atom. The smallest absolute Gasteiger partial charge is 0.322 e. The van der Waals surface area contributed by atoms with Crippen LogP contribution in [-0.2, 0) is 4.79 Å². The molecule has 1 unspecified atom stereocenters. The summed E-state index contributed by atoms with van der Waals surface area (Å²) in [5, 5.41) is 3.44. The summed E-state index contributed by atoms with van der Waals surface area (Å²) < 4.78 is 0. The van der Waals surface area contributed by atoms with Crippen molar-refractivity contribution in [2.45, 2.75) is 25.3 Å². The zero-order valence-corrected chi connectivity index (χ0v) is 11.9. The molecule has 0 saturated heterocycles. The maximum Gasteiger partial charge on any atom is 0.322 e. The van der Waals surface area contributed by atoms with E-state index in [-0.39, 0.29) is 11.8 Å². The zero-order chi connectivity index (χ0) is 14.3. The second-order valence-electron chi connectivity index (χ2n) is 5.10. The van der Waals surface area contributed by atoms with Crippen molar-refractivity contribution in [3.63, 3.8) is 0 Å². The average molecular weight is 291 g/mol. The molecule has 1 aliphatic carbocycles. The second kappa shape index (κ2) is 4.94. The maximum absolute atomic E-state index is 12.3. The largest absolute Gasteiger partial charge is 0.327 e. The molecule has 5 heteroatoms. The number of hydrogen-bond donors (Lipinski definition) is 1. The zero-order valence-electron chi connectivity index (χ0n) is 11.1. The molecule has 0 aromatic heterocycles. The lowest BCUT2D eigenvalue weighted by Gasteiger charge is -2.37. The van der Waals surface area contributed by atoms with Crippen molar-refractivity contribution in [1.29, 1.82) is 0 Å². The summed E-state index contributed by atoms with van der Waals surface area (Å²) in [6.07, 6.45) is 2.08. The van der Waals surface area contributed by atoms with E-state index < -0.39 is 6.04 Å². The van der Waals surface area contributed by atoms with Crippen molar-refractivity contribution in [3.05, 3.63) is 46.1 Å². The van der Waals surface area contributed by atoms with E-state index in [2.05, 4.69) is 5.32 Å². The van der Waals surface area contributed by atoms with Crippen LogP contribution < -0.4 is 5.32 Å². The Balaban J connectivity index is 2.15. The van der Waals surface area contributed by atoms with Crippen molar-refractivity contribution >= 4 is 23.4 Å². The number of nitrogens with zero attached hydrogens (tertiary/aromatic N) is 1. The van der Waals surface area contributed by atoms with Crippen LogP contribution in [0, 0.1) is 0 Å². The number of rotatable bonds is 1. The number of nitrogens with one attached hydrogen (secondary N) is 1. The molecule has 0 spiro atoms. The Morgan fingerprint density at radius 3 is 2.75 bits per heavy atom. The van der Waals surface area contributed by atoms with Crippen LogP contribution in [0.5, 0.6) is 0 Å². The summed E-state index contributed by atoms with van der Waals surface area (Å²) in [4.78, 5) is 25.9. The van der Waals surface area contributed by atoms with Gasteiger partial charge in [-0.05, 0) is 24.5 Å². The Hall–Kier alpha value is -1.81. The highest BCUT2D eigenvalue weighted by Crippen LogP contribution is 2.38. The van der Waals surface area contributed by atoms with Crippen LogP contribution >= 0.6 is 11.6 Å². The van der Waals surface area contributed by atoms with Crippen LogP contribution in [0.25, 0.3) is 0 Å². The van der Waals surface area contributed by atoms with E-state index in [0.29, 0.717) is 17.0 Å². The Bertz CT molecular complexity index is 624. The summed E-state index contributed by atoms with van der Waals surface area (Å²) >= 11 is 6.22. The van der Waals surface area contributed by atoms with Gasteiger partial charge in [0, 0.05) is 29.8 Å². The molecule has 3 rings (SSSR count). The number of amides is 2. The number of allylic oxidation sites excluding steroid dienone is 1. The summed E-state index contributed by atoms with van der Waals surface area (Å²) in [5.41, 5.74) is 2.29. The third kappa shape index (κ3) is 2.00. The average Bonchev–Trinajstić information content (AvgIpc) is 2.44. The number of benzene rings is 1. The lowest BCUT2D eigenvalue weighted by molar-refractivity contribution is -0.116. The lowest BCUT2D eigenvalue weighted by Crippen LogP contribution is -2.47. The number of ketones is 1. The predicted molar refractivity (Wildman–Crippen MR) is 76.4 cm³/mol. The minimum atomic E-state index is -0.435. The molecule has 1 atom stereocenters. The van der Waals surface area contributed by atoms with E-state index in [1.165, 1.54) is 0 Å². The van der Waals surface area contributed by atoms with Crippen molar-refractivity contribution < 1.29 is 9.59 Å². The topological polar surface area (TPSA) is 49.4 Å². The van der Waals surface area contributed by atoms with Crippen LogP contribution in [0.3, 0.4) is 0 Å². The Morgan fingerprint density at radius 2 is 2.00 bits per heavy atom. The molecule has 1 heterocycles. The second-order valence-corrected chi connectivity index (χ2v) is 5.51. The molecule has 4 nitrogen and oxygen atoms in total. The fourth-order valence-electron chi connectivity index (χ4n) is 2.88. The van der Waals surface area contributed by atoms with Crippen LogP contribution in [0.15, 0.2) is 35.5 Å². The van der Waals surface area contributed by atoms with E-state index in [0.717, 1.165) is 24.1 Å². The van der Waals surface area contributed by atoms with E-state index in [1.54, 1.807) is 18.0 Å². The van der Waals surface area contributed by atoms with Gasteiger partial charge >= 0.3 is 6.03 Å². The Kier molecular flexibility index (Phi) is 3.26. The number of halogens is 1. The molecule has 20 heavy (non-hydrogen) atoms. The predicted octanol–water partition coefficient (Wildman–Crippen LogP) is 3.04. The van der Waals surface area contributed by atoms with E-state index >= 15 is 0 Å². The van der Waals surface area contributed by atoms with E-state index in [9.17, 15) is 9.59 Å². The molecule has 1 aromatic rings. The normalized spacial score (nSPS) is 22.7. The first-order valence-electron chi connectivity index (χ1n) is 6.64. The molecule has 0 radical (unpaired) electrons. The van der Waals surface area contributed by atoms with Gasteiger partial charge in [0.1, 0.15) is 0 Å². The molecule has 2 amide bonds. The number of Topliss-reactive ketones (excluding diaryl/α,β-unsaturated/α-hetero) is 1. The standard InChI is InChI=1S/C15H15ClN2O2/c1-18-11-7-4-8-12(19)13(11)14(17-15(18)20)9-5-2-3-6-10(9)16/h2-3,5-6,14H,4,7-8H2,1H3,(H,17,20). The quantitative estimate of drug-likeness (QED) is 0.864. The van der Waals surface area contributed by atoms with Gasteiger partial charge in [-0.1, -0.05) is 29.8 Å². The Labute approximate surface area is 122 Å². The van der Waals surface area contributed by atoms with E-state index in [4.69, 9.17) is 11.6 Å². The van der Waals surface area contributed by atoms with E-state index in [1.807, 2.05) is 18.2 Å². The third-order valence-corrected chi connectivity index (χ3v) is 4.26. The third-order valence-electron chi connectivity index (χ3n) is 3.91. The number of carbonyl (C=O) groups excluding carboxylic acids is 2. The van der Waals surface area contributed by atoms with Crippen molar-refractivity contribution in [3.8, 4) is 0 Å². The fraction of sp³-hybridized carbons (Fsp3) is 0.333. The minimum Gasteiger partial charge on any atom is -0.327 e. The van der Waals surface area contributed by atoms with Gasteiger partial charge in [-0.25, -0.2) is 4.79 Å². The lowest BCUT2D eigenvalue weighted by atomic mass is 9.85. The molecule has 1 aliphatic heterocycles. The van der Waals surface area contributed by atoms with Gasteiger partial charge in [-0.3, -0.25) is 4.79 Å². The molecule has 0 saturated carbocycles. The number of urea groups is 1. The number of hydrogen-bond acceptors (Lipinski definition) is 2. The molecule has 2 aliphatic rings. The van der Waals surface area contributed by atoms with Crippen LogP contribution in [0.2, 0.25) is 5.02 Å². The van der Waals surface area contributed by atoms with Gasteiger partial charge in [0.2, 0.25) is 0 Å². The molecule has 1 aromatic carbocycles. The summed E-state index contributed by atoms with van der Waals surface area (Å²) in [5.74, 6) is 0.100. The highest BCUT2D eigenvalue weighted by Gasteiger charge is 2.37. The highest BCUT2D eigenvalue weighted by molar-refractivity contribution is 6.31. The monoisotopic (exact) mass is 290 g/mol. The van der Waals surface area contributed by atoms with Gasteiger partial charge in [0.05, 0.1) is 6.04 Å². The highest BCUT2D eigenvalue weighted by atomic mass is 35.5.